The van der Waals surface area contributed by atoms with Crippen molar-refractivity contribution in [2.45, 2.75) is 131 Å². The van der Waals surface area contributed by atoms with Crippen LogP contribution in [0.2, 0.25) is 0 Å². The van der Waals surface area contributed by atoms with E-state index in [1.807, 2.05) is 0 Å². The SMILES string of the molecule is [2H]c1c([2H])c([2H])c2c(c1[2H])c1c([2H])c([2H])c([2H])c([2H])c1n2-c1ccc2c(c1)N(c1c(-c3ccccc3)cc(C(C)(C)C)cc1-c1ccccc1)c1cc(C(C)(C)C)cc3c1B2c1cc([Si](c2ccccc2)(c2ccccc2)c2ccccc2)ccc1N3C1C(C2CC=CCC2)=CC(C(C)(C)C)CC1C1=CCCCC1. The highest BCUT2D eigenvalue weighted by Crippen LogP contribution is 2.56. The van der Waals surface area contributed by atoms with E-state index in [9.17, 15) is 8.22 Å². The maximum absolute atomic E-state index is 9.94. The molecule has 0 N–H and O–H groups in total. The van der Waals surface area contributed by atoms with Gasteiger partial charge in [-0.3, -0.25) is 0 Å². The van der Waals surface area contributed by atoms with Gasteiger partial charge in [-0.05, 0) is 199 Å². The zero-order valence-corrected chi connectivity index (χ0v) is 60.9. The maximum atomic E-state index is 9.94. The molecule has 12 aromatic rings. The summed E-state index contributed by atoms with van der Waals surface area (Å²) in [5, 5.41) is 5.16. The van der Waals surface area contributed by atoms with Gasteiger partial charge < -0.3 is 14.4 Å². The highest BCUT2D eigenvalue weighted by Gasteiger charge is 2.52. The Balaban J connectivity index is 1.09. The Kier molecular flexibility index (Phi) is 14.1. The summed E-state index contributed by atoms with van der Waals surface area (Å²) in [6.07, 6.45) is 18.9. The van der Waals surface area contributed by atoms with Crippen LogP contribution in [0.1, 0.15) is 136 Å². The Morgan fingerprint density at radius 3 is 1.58 bits per heavy atom. The summed E-state index contributed by atoms with van der Waals surface area (Å²) in [7, 11) is -3.28. The zero-order valence-electron chi connectivity index (χ0n) is 67.9. The lowest BCUT2D eigenvalue weighted by molar-refractivity contribution is 0.220. The molecule has 101 heavy (non-hydrogen) atoms. The van der Waals surface area contributed by atoms with Gasteiger partial charge in [0.15, 0.2) is 8.07 Å². The molecule has 2 aliphatic heterocycles. The molecule has 500 valence electrons. The van der Waals surface area contributed by atoms with Gasteiger partial charge in [0.05, 0.1) is 33.7 Å². The van der Waals surface area contributed by atoms with Crippen molar-refractivity contribution in [3.05, 3.63) is 307 Å². The van der Waals surface area contributed by atoms with E-state index in [0.29, 0.717) is 17.5 Å². The van der Waals surface area contributed by atoms with E-state index >= 15 is 0 Å². The molecule has 3 nitrogen and oxygen atoms in total. The van der Waals surface area contributed by atoms with E-state index in [1.165, 1.54) is 55.0 Å². The number of rotatable bonds is 11. The standard InChI is InChI=1S/C96H94BN3Si/c1-94(2,3)69-57-79(65-35-17-10-18-36-65)92(80(58-69)66-37-19-11-20-38-66)99-87-56-54-76(101(73-43-25-14-26-44-73,74-45-27-15-28-46-74)75-47-29-16-30-48-75)64-84(87)97-83-55-53-72(98-85-51-33-31-49-77(85)78-50-32-34-52-86(78)98)63-88(83)100(90-62-71(96(7,8)9)61-89(99)91(90)97)93-81(67-39-21-12-22-40-67)59-70(95(4,5)6)60-82(93)68-41-23-13-24-42-68/h10,12-17,21-34,37,39-57,59-65,69,80,92H,11,18-20,35-36,38,58H2,1-9H3/i31D,32D,33D,34D,49D,50D,51D,52D. The Labute approximate surface area is 613 Å². The van der Waals surface area contributed by atoms with E-state index < -0.39 is 44.4 Å². The minimum Gasteiger partial charge on any atom is -0.334 e. The molecule has 11 aromatic carbocycles. The molecule has 5 aliphatic rings. The Hall–Kier alpha value is -9.68. The molecule has 0 saturated heterocycles. The smallest absolute Gasteiger partial charge is 0.252 e. The summed E-state index contributed by atoms with van der Waals surface area (Å²) < 4.78 is 77.9. The first-order valence-electron chi connectivity index (χ1n) is 40.9. The average molecular weight is 1340 g/mol. The fourth-order valence-electron chi connectivity index (χ4n) is 18.1. The summed E-state index contributed by atoms with van der Waals surface area (Å²) in [6.45, 7) is 20.9. The molecular formula is C96H94BN3Si. The van der Waals surface area contributed by atoms with E-state index in [2.05, 4.69) is 309 Å². The second-order valence-corrected chi connectivity index (χ2v) is 36.1. The van der Waals surface area contributed by atoms with Crippen LogP contribution in [0.25, 0.3) is 49.7 Å². The molecule has 5 heteroatoms. The van der Waals surface area contributed by atoms with Crippen LogP contribution < -0.4 is 46.9 Å². The van der Waals surface area contributed by atoms with Crippen LogP contribution in [0.4, 0.5) is 28.4 Å². The van der Waals surface area contributed by atoms with Crippen molar-refractivity contribution in [2.24, 2.45) is 23.2 Å². The highest BCUT2D eigenvalue weighted by atomic mass is 28.3. The molecule has 3 heterocycles. The third kappa shape index (κ3) is 11.1. The van der Waals surface area contributed by atoms with E-state index in [4.69, 9.17) is 2.74 Å². The third-order valence-electron chi connectivity index (χ3n) is 23.2. The van der Waals surface area contributed by atoms with Gasteiger partial charge in [0.25, 0.3) is 6.71 Å². The summed E-state index contributed by atoms with van der Waals surface area (Å²) in [4.78, 5) is 5.47. The van der Waals surface area contributed by atoms with Gasteiger partial charge in [-0.2, -0.15) is 0 Å². The van der Waals surface area contributed by atoms with Gasteiger partial charge in [0, 0.05) is 56.3 Å². The van der Waals surface area contributed by atoms with Crippen molar-refractivity contribution in [3.63, 3.8) is 0 Å². The molecule has 1 aromatic heterocycles. The molecule has 0 saturated carbocycles. The van der Waals surface area contributed by atoms with Crippen LogP contribution in [0, 0.1) is 23.2 Å². The second kappa shape index (κ2) is 25.4. The van der Waals surface area contributed by atoms with E-state index in [-0.39, 0.29) is 68.8 Å². The quantitative estimate of drug-likeness (QED) is 0.0726. The number of benzene rings is 11. The summed E-state index contributed by atoms with van der Waals surface area (Å²) in [5.74, 6) is 0.825. The molecule has 0 fully saturated rings. The normalized spacial score (nSPS) is 19.6. The lowest BCUT2D eigenvalue weighted by Gasteiger charge is -2.53. The number of hydrogen-bond donors (Lipinski definition) is 0. The minimum atomic E-state index is -3.28. The van der Waals surface area contributed by atoms with Crippen molar-refractivity contribution in [2.75, 3.05) is 9.80 Å². The fraction of sp³-hybridized carbons (Fsp3) is 0.250. The number of para-hydroxylation sites is 2. The number of fused-ring (bicyclic) bond motifs is 7. The molecule has 4 atom stereocenters. The fourth-order valence-corrected chi connectivity index (χ4v) is 22.9. The van der Waals surface area contributed by atoms with E-state index in [0.717, 1.165) is 95.3 Å². The Morgan fingerprint density at radius 1 is 0.495 bits per heavy atom. The van der Waals surface area contributed by atoms with Crippen molar-refractivity contribution in [3.8, 4) is 27.9 Å². The van der Waals surface area contributed by atoms with Gasteiger partial charge >= 0.3 is 0 Å². The van der Waals surface area contributed by atoms with Crippen LogP contribution >= 0.6 is 0 Å². The highest BCUT2D eigenvalue weighted by molar-refractivity contribution is 7.20. The number of hydrogen-bond acceptors (Lipinski definition) is 2. The van der Waals surface area contributed by atoms with E-state index in [1.54, 1.807) is 15.7 Å². The van der Waals surface area contributed by atoms with Gasteiger partial charge in [0.1, 0.15) is 0 Å². The van der Waals surface area contributed by atoms with Crippen LogP contribution in [0.5, 0.6) is 0 Å². The molecular weight excluding hydrogens is 1230 g/mol. The molecule has 3 aliphatic carbocycles. The van der Waals surface area contributed by atoms with Crippen molar-refractivity contribution in [1.82, 2.24) is 4.57 Å². The predicted molar refractivity (Wildman–Crippen MR) is 437 cm³/mol. The monoisotopic (exact) mass is 1340 g/mol. The molecule has 4 unspecified atom stereocenters. The van der Waals surface area contributed by atoms with Crippen molar-refractivity contribution < 1.29 is 11.0 Å². The lowest BCUT2D eigenvalue weighted by Crippen LogP contribution is -2.75. The molecule has 0 radical (unpaired) electrons. The first-order valence-corrected chi connectivity index (χ1v) is 38.9. The van der Waals surface area contributed by atoms with Crippen molar-refractivity contribution in [1.29, 1.82) is 0 Å². The van der Waals surface area contributed by atoms with Crippen LogP contribution in [0.15, 0.2) is 296 Å². The van der Waals surface area contributed by atoms with Gasteiger partial charge in [-0.15, -0.1) is 0 Å². The third-order valence-corrected chi connectivity index (χ3v) is 28.0. The largest absolute Gasteiger partial charge is 0.334 e. The summed E-state index contributed by atoms with van der Waals surface area (Å²) in [6, 6.07) is 76.2. The van der Waals surface area contributed by atoms with Crippen molar-refractivity contribution >= 4 is 102 Å². The molecule has 0 amide bonds. The number of nitrogens with zero attached hydrogens (tertiary/aromatic N) is 3. The predicted octanol–water partition coefficient (Wildman–Crippen LogP) is 20.7. The van der Waals surface area contributed by atoms with Crippen LogP contribution in [-0.2, 0) is 10.8 Å². The Morgan fingerprint density at radius 2 is 1.05 bits per heavy atom. The number of anilines is 5. The summed E-state index contributed by atoms with van der Waals surface area (Å²) >= 11 is 0. The summed E-state index contributed by atoms with van der Waals surface area (Å²) in [5.41, 5.74) is 18.1. The molecule has 0 spiro atoms. The van der Waals surface area contributed by atoms with Crippen LogP contribution in [0.3, 0.4) is 0 Å². The average Bonchev–Trinajstić information content (AvgIpc) is 1.55. The first-order chi connectivity index (χ1) is 52.4. The van der Waals surface area contributed by atoms with Gasteiger partial charge in [-0.1, -0.05) is 298 Å². The molecule has 17 rings (SSSR count). The lowest BCUT2D eigenvalue weighted by atomic mass is 9.33. The van der Waals surface area contributed by atoms with Gasteiger partial charge in [0.2, 0.25) is 0 Å². The topological polar surface area (TPSA) is 11.4 Å². The number of aromatic nitrogens is 1. The minimum absolute atomic E-state index is 0.00305. The maximum Gasteiger partial charge on any atom is 0.252 e. The second-order valence-electron chi connectivity index (χ2n) is 32.3. The number of allylic oxidation sites excluding steroid dienone is 4. The van der Waals surface area contributed by atoms with Crippen LogP contribution in [-0.4, -0.2) is 25.4 Å². The molecule has 0 bridgehead atoms. The first kappa shape index (κ1) is 56.0. The zero-order chi connectivity index (χ0) is 75.9. The van der Waals surface area contributed by atoms with Gasteiger partial charge in [-0.25, -0.2) is 0 Å². The Bertz CT molecular complexity index is 5480.